The van der Waals surface area contributed by atoms with Gasteiger partial charge in [0, 0.05) is 0 Å². The van der Waals surface area contributed by atoms with Crippen molar-refractivity contribution in [3.05, 3.63) is 83.7 Å². The lowest BCUT2D eigenvalue weighted by Gasteiger charge is -2.26. The maximum atomic E-state index is 13.2. The number of benzene rings is 3. The minimum atomic E-state index is -1.54. The van der Waals surface area contributed by atoms with Crippen LogP contribution in [0.4, 0.5) is 4.39 Å². The summed E-state index contributed by atoms with van der Waals surface area (Å²) < 4.78 is 11.7. The Balaban J connectivity index is 2.23. The van der Waals surface area contributed by atoms with Crippen LogP contribution in [0.1, 0.15) is 17.0 Å². The van der Waals surface area contributed by atoms with E-state index in [0.29, 0.717) is 0 Å². The zero-order valence-electron chi connectivity index (χ0n) is 11.4. The molecule has 3 aromatic carbocycles. The predicted octanol–water partition coefficient (Wildman–Crippen LogP) is 6.48. The maximum Gasteiger partial charge on any atom is 0.201 e. The zero-order chi connectivity index (χ0) is 15.7. The van der Waals surface area contributed by atoms with E-state index in [2.05, 4.69) is 0 Å². The van der Waals surface area contributed by atoms with Crippen molar-refractivity contribution in [1.29, 1.82) is 0 Å². The molecule has 3 aromatic rings. The largest absolute Gasteiger partial charge is 0.207 e. The molecule has 0 aliphatic heterocycles. The summed E-state index contributed by atoms with van der Waals surface area (Å²) in [5.41, 5.74) is 1.67. The molecule has 22 heavy (non-hydrogen) atoms. The second-order valence-corrected chi connectivity index (χ2v) is 7.46. The molecule has 0 aliphatic rings. The SMILES string of the molecule is Fc1ccc(C(c2cccc3ccccc23)C(Cl)(Cl)Cl)cc1. The van der Waals surface area contributed by atoms with E-state index in [9.17, 15) is 4.39 Å². The van der Waals surface area contributed by atoms with Crippen LogP contribution in [0.3, 0.4) is 0 Å². The van der Waals surface area contributed by atoms with Gasteiger partial charge in [-0.2, -0.15) is 0 Å². The Morgan fingerprint density at radius 2 is 1.41 bits per heavy atom. The molecule has 0 bridgehead atoms. The molecule has 0 spiro atoms. The fourth-order valence-electron chi connectivity index (χ4n) is 2.70. The van der Waals surface area contributed by atoms with E-state index in [1.807, 2.05) is 42.5 Å². The Morgan fingerprint density at radius 3 is 2.09 bits per heavy atom. The number of hydrogen-bond donors (Lipinski definition) is 0. The first-order chi connectivity index (χ1) is 10.5. The smallest absolute Gasteiger partial charge is 0.201 e. The predicted molar refractivity (Wildman–Crippen MR) is 92.5 cm³/mol. The number of alkyl halides is 3. The van der Waals surface area contributed by atoms with Gasteiger partial charge in [0.1, 0.15) is 5.82 Å². The Kier molecular flexibility index (Phi) is 4.31. The van der Waals surface area contributed by atoms with Crippen LogP contribution in [0.2, 0.25) is 0 Å². The maximum absolute atomic E-state index is 13.2. The lowest BCUT2D eigenvalue weighted by atomic mass is 9.89. The third-order valence-corrected chi connectivity index (χ3v) is 4.32. The number of hydrogen-bond acceptors (Lipinski definition) is 0. The normalized spacial score (nSPS) is 13.3. The second-order valence-electron chi connectivity index (χ2n) is 5.09. The van der Waals surface area contributed by atoms with Gasteiger partial charge in [-0.15, -0.1) is 0 Å². The lowest BCUT2D eigenvalue weighted by molar-refractivity contribution is 0.626. The fourth-order valence-corrected chi connectivity index (χ4v) is 3.43. The summed E-state index contributed by atoms with van der Waals surface area (Å²) in [6.45, 7) is 0. The van der Waals surface area contributed by atoms with E-state index < -0.39 is 9.71 Å². The van der Waals surface area contributed by atoms with E-state index in [0.717, 1.165) is 21.9 Å². The molecule has 0 aliphatic carbocycles. The highest BCUT2D eigenvalue weighted by atomic mass is 35.6. The fraction of sp³-hybridized carbons (Fsp3) is 0.111. The van der Waals surface area contributed by atoms with E-state index in [1.54, 1.807) is 12.1 Å². The van der Waals surface area contributed by atoms with Crippen molar-refractivity contribution in [2.45, 2.75) is 9.71 Å². The average Bonchev–Trinajstić information content (AvgIpc) is 2.48. The highest BCUT2D eigenvalue weighted by molar-refractivity contribution is 6.68. The average molecular weight is 354 g/mol. The van der Waals surface area contributed by atoms with Crippen molar-refractivity contribution in [3.63, 3.8) is 0 Å². The van der Waals surface area contributed by atoms with Gasteiger partial charge in [0.2, 0.25) is 3.79 Å². The quantitative estimate of drug-likeness (QED) is 0.462. The van der Waals surface area contributed by atoms with Gasteiger partial charge in [-0.25, -0.2) is 4.39 Å². The summed E-state index contributed by atoms with van der Waals surface area (Å²) in [4.78, 5) is 0. The molecule has 3 rings (SSSR count). The standard InChI is InChI=1S/C18H12Cl3F/c19-18(20,21)17(13-8-10-14(22)11-9-13)16-7-3-5-12-4-1-2-6-15(12)16/h1-11,17H. The molecule has 1 atom stereocenters. The molecular weight excluding hydrogens is 342 g/mol. The van der Waals surface area contributed by atoms with Crippen LogP contribution in [0.15, 0.2) is 66.7 Å². The Bertz CT molecular complexity index is 786. The van der Waals surface area contributed by atoms with Gasteiger partial charge in [0.05, 0.1) is 5.92 Å². The van der Waals surface area contributed by atoms with Gasteiger partial charge in [0.25, 0.3) is 0 Å². The van der Waals surface area contributed by atoms with Crippen LogP contribution >= 0.6 is 34.8 Å². The van der Waals surface area contributed by atoms with Gasteiger partial charge in [-0.3, -0.25) is 0 Å². The number of rotatable bonds is 2. The molecule has 112 valence electrons. The summed E-state index contributed by atoms with van der Waals surface area (Å²) in [5.74, 6) is -0.797. The van der Waals surface area contributed by atoms with Crippen LogP contribution in [-0.4, -0.2) is 3.79 Å². The van der Waals surface area contributed by atoms with Crippen molar-refractivity contribution in [2.75, 3.05) is 0 Å². The van der Waals surface area contributed by atoms with E-state index in [1.165, 1.54) is 12.1 Å². The summed E-state index contributed by atoms with van der Waals surface area (Å²) in [5, 5.41) is 2.09. The van der Waals surface area contributed by atoms with E-state index in [4.69, 9.17) is 34.8 Å². The Hall–Kier alpha value is -1.28. The first-order valence-electron chi connectivity index (χ1n) is 6.76. The summed E-state index contributed by atoms with van der Waals surface area (Å²) in [7, 11) is 0. The van der Waals surface area contributed by atoms with Crippen molar-refractivity contribution >= 4 is 45.6 Å². The van der Waals surface area contributed by atoms with Crippen molar-refractivity contribution < 1.29 is 4.39 Å². The summed E-state index contributed by atoms with van der Waals surface area (Å²) in [6, 6.07) is 19.9. The van der Waals surface area contributed by atoms with E-state index in [-0.39, 0.29) is 5.82 Å². The molecule has 4 heteroatoms. The highest BCUT2D eigenvalue weighted by Gasteiger charge is 2.36. The molecule has 1 unspecified atom stereocenters. The molecule has 0 radical (unpaired) electrons. The first kappa shape index (κ1) is 15.6. The summed E-state index contributed by atoms with van der Waals surface area (Å²) in [6.07, 6.45) is 0. The van der Waals surface area contributed by atoms with Crippen LogP contribution in [0.25, 0.3) is 10.8 Å². The third-order valence-electron chi connectivity index (χ3n) is 3.67. The van der Waals surface area contributed by atoms with Crippen LogP contribution in [-0.2, 0) is 0 Å². The molecule has 0 N–H and O–H groups in total. The molecule has 0 saturated carbocycles. The van der Waals surface area contributed by atoms with Crippen LogP contribution < -0.4 is 0 Å². The Labute approximate surface area is 143 Å². The van der Waals surface area contributed by atoms with Crippen LogP contribution in [0.5, 0.6) is 0 Å². The van der Waals surface area contributed by atoms with E-state index >= 15 is 0 Å². The zero-order valence-corrected chi connectivity index (χ0v) is 13.7. The molecule has 0 saturated heterocycles. The molecule has 0 heterocycles. The number of halogens is 4. The minimum Gasteiger partial charge on any atom is -0.207 e. The molecule has 0 fully saturated rings. The van der Waals surface area contributed by atoms with Crippen molar-refractivity contribution in [3.8, 4) is 0 Å². The molecule has 0 amide bonds. The van der Waals surface area contributed by atoms with Crippen LogP contribution in [0, 0.1) is 5.82 Å². The lowest BCUT2D eigenvalue weighted by Crippen LogP contribution is -2.19. The molecule has 0 aromatic heterocycles. The van der Waals surface area contributed by atoms with Gasteiger partial charge in [-0.05, 0) is 34.0 Å². The summed E-state index contributed by atoms with van der Waals surface area (Å²) >= 11 is 18.7. The third kappa shape index (κ3) is 3.08. The van der Waals surface area contributed by atoms with Gasteiger partial charge in [0.15, 0.2) is 0 Å². The van der Waals surface area contributed by atoms with Gasteiger partial charge >= 0.3 is 0 Å². The van der Waals surface area contributed by atoms with Gasteiger partial charge in [-0.1, -0.05) is 89.4 Å². The minimum absolute atomic E-state index is 0.315. The van der Waals surface area contributed by atoms with Gasteiger partial charge < -0.3 is 0 Å². The second kappa shape index (κ2) is 6.08. The molecular formula is C18H12Cl3F. The highest BCUT2D eigenvalue weighted by Crippen LogP contribution is 2.47. The van der Waals surface area contributed by atoms with Crippen molar-refractivity contribution in [2.24, 2.45) is 0 Å². The topological polar surface area (TPSA) is 0 Å². The van der Waals surface area contributed by atoms with Crippen molar-refractivity contribution in [1.82, 2.24) is 0 Å². The number of fused-ring (bicyclic) bond motifs is 1. The Morgan fingerprint density at radius 1 is 0.773 bits per heavy atom. The first-order valence-corrected chi connectivity index (χ1v) is 7.90. The molecule has 0 nitrogen and oxygen atoms in total. The monoisotopic (exact) mass is 352 g/mol.